The predicted molar refractivity (Wildman–Crippen MR) is 46.5 cm³/mol. The van der Waals surface area contributed by atoms with Crippen LogP contribution in [-0.2, 0) is 6.42 Å². The molecule has 2 rings (SSSR count). The number of hydrogen-bond donors (Lipinski definition) is 1. The molecule has 0 spiro atoms. The Morgan fingerprint density at radius 2 is 2.33 bits per heavy atom. The molecule has 1 heterocycles. The van der Waals surface area contributed by atoms with Gasteiger partial charge in [0.1, 0.15) is 11.5 Å². The van der Waals surface area contributed by atoms with Crippen LogP contribution in [0.25, 0.3) is 0 Å². The largest absolute Gasteiger partial charge is 0.508 e. The van der Waals surface area contributed by atoms with Gasteiger partial charge >= 0.3 is 0 Å². The van der Waals surface area contributed by atoms with Crippen LogP contribution >= 0.6 is 0 Å². The Kier molecular flexibility index (Phi) is 1.68. The fourth-order valence-electron chi connectivity index (χ4n) is 1.53. The maximum atomic E-state index is 9.22. The van der Waals surface area contributed by atoms with Crippen molar-refractivity contribution in [1.82, 2.24) is 0 Å². The average Bonchev–Trinajstić information content (AvgIpc) is 2.03. The molecule has 2 heteroatoms. The number of aromatic hydroxyl groups is 1. The molecule has 1 aliphatic heterocycles. The van der Waals surface area contributed by atoms with Crippen LogP contribution in [0, 0.1) is 5.92 Å². The molecule has 0 bridgehead atoms. The lowest BCUT2D eigenvalue weighted by Crippen LogP contribution is -2.17. The summed E-state index contributed by atoms with van der Waals surface area (Å²) in [5.74, 6) is 1.80. The minimum atomic E-state index is 0.325. The molecular weight excluding hydrogens is 152 g/mol. The molecule has 0 unspecified atom stereocenters. The zero-order valence-corrected chi connectivity index (χ0v) is 7.08. The lowest BCUT2D eigenvalue weighted by Gasteiger charge is -2.22. The minimum Gasteiger partial charge on any atom is -0.508 e. The van der Waals surface area contributed by atoms with Crippen LogP contribution in [0.5, 0.6) is 11.5 Å². The molecule has 0 fully saturated rings. The summed E-state index contributed by atoms with van der Waals surface area (Å²) in [6, 6.07) is 5.27. The molecule has 0 saturated carbocycles. The standard InChI is InChI=1S/C10H12O2/c1-7-4-8-5-9(11)2-3-10(8)12-6-7/h2-3,5,7,11H,4,6H2,1H3/t7-/m1/s1. The van der Waals surface area contributed by atoms with Crippen molar-refractivity contribution >= 4 is 0 Å². The predicted octanol–water partition coefficient (Wildman–Crippen LogP) is 1.96. The van der Waals surface area contributed by atoms with Crippen LogP contribution in [0.3, 0.4) is 0 Å². The Hall–Kier alpha value is -1.18. The maximum absolute atomic E-state index is 9.22. The summed E-state index contributed by atoms with van der Waals surface area (Å²) in [4.78, 5) is 0. The minimum absolute atomic E-state index is 0.325. The molecule has 1 atom stereocenters. The summed E-state index contributed by atoms with van der Waals surface area (Å²) in [7, 11) is 0. The summed E-state index contributed by atoms with van der Waals surface area (Å²) in [5, 5.41) is 9.22. The van der Waals surface area contributed by atoms with Gasteiger partial charge in [0.15, 0.2) is 0 Å². The first-order valence-corrected chi connectivity index (χ1v) is 4.20. The summed E-state index contributed by atoms with van der Waals surface area (Å²) in [6.45, 7) is 2.94. The van der Waals surface area contributed by atoms with Crippen molar-refractivity contribution in [2.45, 2.75) is 13.3 Å². The van der Waals surface area contributed by atoms with Crippen LogP contribution in [0.2, 0.25) is 0 Å². The number of phenols is 1. The van der Waals surface area contributed by atoms with Gasteiger partial charge < -0.3 is 9.84 Å². The van der Waals surface area contributed by atoms with Gasteiger partial charge in [-0.3, -0.25) is 0 Å². The average molecular weight is 164 g/mol. The number of fused-ring (bicyclic) bond motifs is 1. The summed E-state index contributed by atoms with van der Waals surface area (Å²) < 4.78 is 5.48. The third-order valence-electron chi connectivity index (χ3n) is 2.14. The Morgan fingerprint density at radius 3 is 3.17 bits per heavy atom. The second-order valence-electron chi connectivity index (χ2n) is 3.41. The van der Waals surface area contributed by atoms with Crippen molar-refractivity contribution in [2.75, 3.05) is 6.61 Å². The van der Waals surface area contributed by atoms with Gasteiger partial charge in [0.05, 0.1) is 6.61 Å². The molecule has 0 radical (unpaired) electrons. The normalized spacial score (nSPS) is 21.2. The summed E-state index contributed by atoms with van der Waals surface area (Å²) >= 11 is 0. The quantitative estimate of drug-likeness (QED) is 0.635. The van der Waals surface area contributed by atoms with Gasteiger partial charge in [-0.15, -0.1) is 0 Å². The van der Waals surface area contributed by atoms with Crippen molar-refractivity contribution < 1.29 is 9.84 Å². The second kappa shape index (κ2) is 2.70. The van der Waals surface area contributed by atoms with Gasteiger partial charge in [-0.1, -0.05) is 6.92 Å². The molecule has 1 N–H and O–H groups in total. The fourth-order valence-corrected chi connectivity index (χ4v) is 1.53. The van der Waals surface area contributed by atoms with E-state index in [2.05, 4.69) is 6.92 Å². The lowest BCUT2D eigenvalue weighted by atomic mass is 9.98. The third kappa shape index (κ3) is 1.24. The van der Waals surface area contributed by atoms with Crippen molar-refractivity contribution in [2.24, 2.45) is 5.92 Å². The SMILES string of the molecule is C[C@H]1COc2ccc(O)cc2C1. The molecular formula is C10H12O2. The summed E-state index contributed by atoms with van der Waals surface area (Å²) in [5.41, 5.74) is 1.12. The van der Waals surface area contributed by atoms with Crippen molar-refractivity contribution in [3.63, 3.8) is 0 Å². The molecule has 1 aliphatic rings. The second-order valence-corrected chi connectivity index (χ2v) is 3.41. The van der Waals surface area contributed by atoms with Crippen LogP contribution < -0.4 is 4.74 Å². The number of hydrogen-bond acceptors (Lipinski definition) is 2. The Morgan fingerprint density at radius 1 is 1.50 bits per heavy atom. The fraction of sp³-hybridized carbons (Fsp3) is 0.400. The number of rotatable bonds is 0. The highest BCUT2D eigenvalue weighted by atomic mass is 16.5. The molecule has 0 saturated heterocycles. The lowest BCUT2D eigenvalue weighted by molar-refractivity contribution is 0.233. The molecule has 12 heavy (non-hydrogen) atoms. The van der Waals surface area contributed by atoms with Gasteiger partial charge in [0, 0.05) is 0 Å². The van der Waals surface area contributed by atoms with Crippen LogP contribution in [-0.4, -0.2) is 11.7 Å². The highest BCUT2D eigenvalue weighted by molar-refractivity contribution is 5.40. The maximum Gasteiger partial charge on any atom is 0.122 e. The zero-order chi connectivity index (χ0) is 8.55. The topological polar surface area (TPSA) is 29.5 Å². The number of phenolic OH excluding ortho intramolecular Hbond substituents is 1. The van der Waals surface area contributed by atoms with Gasteiger partial charge in [0.2, 0.25) is 0 Å². The third-order valence-corrected chi connectivity index (χ3v) is 2.14. The molecule has 1 aromatic rings. The molecule has 2 nitrogen and oxygen atoms in total. The molecule has 0 amide bonds. The smallest absolute Gasteiger partial charge is 0.122 e. The highest BCUT2D eigenvalue weighted by Gasteiger charge is 2.15. The summed E-state index contributed by atoms with van der Waals surface area (Å²) in [6.07, 6.45) is 1.00. The van der Waals surface area contributed by atoms with Crippen LogP contribution in [0.4, 0.5) is 0 Å². The van der Waals surface area contributed by atoms with E-state index in [1.54, 1.807) is 12.1 Å². The van der Waals surface area contributed by atoms with Crippen LogP contribution in [0.1, 0.15) is 12.5 Å². The van der Waals surface area contributed by atoms with Crippen molar-refractivity contribution in [3.8, 4) is 11.5 Å². The van der Waals surface area contributed by atoms with E-state index >= 15 is 0 Å². The first-order valence-electron chi connectivity index (χ1n) is 4.20. The first-order chi connectivity index (χ1) is 5.75. The van der Waals surface area contributed by atoms with E-state index in [4.69, 9.17) is 4.74 Å². The van der Waals surface area contributed by atoms with E-state index in [0.717, 1.165) is 24.3 Å². The van der Waals surface area contributed by atoms with E-state index in [1.807, 2.05) is 6.07 Å². The van der Waals surface area contributed by atoms with E-state index < -0.39 is 0 Å². The zero-order valence-electron chi connectivity index (χ0n) is 7.08. The van der Waals surface area contributed by atoms with E-state index in [0.29, 0.717) is 11.7 Å². The molecule has 1 aromatic carbocycles. The van der Waals surface area contributed by atoms with E-state index in [1.165, 1.54) is 0 Å². The van der Waals surface area contributed by atoms with E-state index in [-0.39, 0.29) is 0 Å². The Balaban J connectivity index is 2.37. The number of ether oxygens (including phenoxy) is 1. The Labute approximate surface area is 71.8 Å². The van der Waals surface area contributed by atoms with Crippen molar-refractivity contribution in [1.29, 1.82) is 0 Å². The first kappa shape index (κ1) is 7.47. The van der Waals surface area contributed by atoms with E-state index in [9.17, 15) is 5.11 Å². The van der Waals surface area contributed by atoms with Gasteiger partial charge in [-0.2, -0.15) is 0 Å². The molecule has 0 aromatic heterocycles. The highest BCUT2D eigenvalue weighted by Crippen LogP contribution is 2.29. The number of benzene rings is 1. The van der Waals surface area contributed by atoms with Crippen molar-refractivity contribution in [3.05, 3.63) is 23.8 Å². The molecule has 64 valence electrons. The molecule has 0 aliphatic carbocycles. The van der Waals surface area contributed by atoms with Gasteiger partial charge in [0.25, 0.3) is 0 Å². The van der Waals surface area contributed by atoms with Crippen LogP contribution in [0.15, 0.2) is 18.2 Å². The van der Waals surface area contributed by atoms with Gasteiger partial charge in [-0.05, 0) is 36.1 Å². The van der Waals surface area contributed by atoms with Gasteiger partial charge in [-0.25, -0.2) is 0 Å². The Bertz CT molecular complexity index is 294. The monoisotopic (exact) mass is 164 g/mol.